The summed E-state index contributed by atoms with van der Waals surface area (Å²) in [4.78, 5) is 4.11. The fourth-order valence-electron chi connectivity index (χ4n) is 7.38. The quantitative estimate of drug-likeness (QED) is 0.612. The van der Waals surface area contributed by atoms with Crippen molar-refractivity contribution in [3.8, 4) is 0 Å². The molecule has 0 saturated heterocycles. The second kappa shape index (κ2) is 6.01. The Balaban J connectivity index is 1.47. The first kappa shape index (κ1) is 18.5. The molecule has 0 amide bonds. The number of hydrogen-bond donors (Lipinski definition) is 1. The zero-order valence-electron chi connectivity index (χ0n) is 17.3. The number of halogens is 1. The zero-order chi connectivity index (χ0) is 19.7. The van der Waals surface area contributed by atoms with E-state index in [1.165, 1.54) is 30.2 Å². The van der Waals surface area contributed by atoms with E-state index in [1.54, 1.807) is 6.07 Å². The van der Waals surface area contributed by atoms with Gasteiger partial charge < -0.3 is 5.11 Å². The average Bonchev–Trinajstić information content (AvgIpc) is 2.99. The second-order valence-corrected chi connectivity index (χ2v) is 10.6. The van der Waals surface area contributed by atoms with Crippen molar-refractivity contribution < 1.29 is 9.50 Å². The number of nitrogens with zero attached hydrogens (tertiary/aromatic N) is 1. The summed E-state index contributed by atoms with van der Waals surface area (Å²) in [5.74, 6) is 1.78. The molecule has 1 N–H and O–H groups in total. The van der Waals surface area contributed by atoms with Crippen LogP contribution in [0, 0.1) is 34.4 Å². The normalized spacial score (nSPS) is 44.8. The highest BCUT2D eigenvalue weighted by atomic mass is 19.1. The summed E-state index contributed by atoms with van der Waals surface area (Å²) in [5, 5.41) is 10.6. The fourth-order valence-corrected chi connectivity index (χ4v) is 7.38. The van der Waals surface area contributed by atoms with Gasteiger partial charge in [0.25, 0.3) is 0 Å². The van der Waals surface area contributed by atoms with E-state index < -0.39 is 5.60 Å². The molecule has 5 rings (SSSR count). The van der Waals surface area contributed by atoms with E-state index in [1.807, 2.05) is 13.1 Å². The molecule has 2 nitrogen and oxygen atoms in total. The first-order valence-electron chi connectivity index (χ1n) is 11.0. The standard InChI is InChI=1S/C25H32FNO/c1-23(28)10-11-24(2)17(13-23)4-5-19-21-7-6-20(16-12-18(26)15-27-14-16)25(21,3)9-8-22(19)24/h4,6,12,14-15,19,21-22,28H,5,7-11,13H2,1-3H3/t19?,21?,22?,23-,24-,25+/m0/s1. The van der Waals surface area contributed by atoms with Crippen LogP contribution in [0.15, 0.2) is 36.2 Å². The lowest BCUT2D eigenvalue weighted by Crippen LogP contribution is -2.51. The Morgan fingerprint density at radius 2 is 1.82 bits per heavy atom. The maximum absolute atomic E-state index is 13.8. The van der Waals surface area contributed by atoms with Crippen LogP contribution in [0.1, 0.15) is 71.3 Å². The van der Waals surface area contributed by atoms with E-state index in [0.717, 1.165) is 37.7 Å². The smallest absolute Gasteiger partial charge is 0.142 e. The van der Waals surface area contributed by atoms with Crippen molar-refractivity contribution >= 4 is 5.57 Å². The van der Waals surface area contributed by atoms with Crippen molar-refractivity contribution in [3.63, 3.8) is 0 Å². The van der Waals surface area contributed by atoms with Gasteiger partial charge in [0, 0.05) is 6.20 Å². The Bertz CT molecular complexity index is 871. The van der Waals surface area contributed by atoms with Gasteiger partial charge in [0.2, 0.25) is 0 Å². The molecule has 0 bridgehead atoms. The predicted octanol–water partition coefficient (Wildman–Crippen LogP) is 5.93. The molecule has 28 heavy (non-hydrogen) atoms. The Morgan fingerprint density at radius 1 is 1.00 bits per heavy atom. The monoisotopic (exact) mass is 381 g/mol. The third-order valence-electron chi connectivity index (χ3n) is 8.98. The summed E-state index contributed by atoms with van der Waals surface area (Å²) in [6.07, 6.45) is 15.4. The van der Waals surface area contributed by atoms with Crippen LogP contribution in [0.5, 0.6) is 0 Å². The van der Waals surface area contributed by atoms with Crippen LogP contribution >= 0.6 is 0 Å². The lowest BCUT2D eigenvalue weighted by atomic mass is 9.46. The molecule has 0 aromatic carbocycles. The number of hydrogen-bond acceptors (Lipinski definition) is 2. The summed E-state index contributed by atoms with van der Waals surface area (Å²) >= 11 is 0. The van der Waals surface area contributed by atoms with E-state index in [2.05, 4.69) is 31.0 Å². The summed E-state index contributed by atoms with van der Waals surface area (Å²) in [5.41, 5.74) is 3.63. The summed E-state index contributed by atoms with van der Waals surface area (Å²) in [6, 6.07) is 1.65. The molecule has 150 valence electrons. The number of pyridine rings is 1. The molecule has 0 radical (unpaired) electrons. The van der Waals surface area contributed by atoms with Gasteiger partial charge >= 0.3 is 0 Å². The minimum absolute atomic E-state index is 0.124. The van der Waals surface area contributed by atoms with E-state index in [0.29, 0.717) is 17.8 Å². The molecule has 1 heterocycles. The molecule has 2 fully saturated rings. The van der Waals surface area contributed by atoms with Crippen molar-refractivity contribution in [2.75, 3.05) is 0 Å². The Labute approximate surface area is 168 Å². The summed E-state index contributed by atoms with van der Waals surface area (Å²) in [6.45, 7) is 6.87. The number of aliphatic hydroxyl groups is 1. The highest BCUT2D eigenvalue weighted by molar-refractivity contribution is 5.72. The minimum Gasteiger partial charge on any atom is -0.390 e. The molecular formula is C25H32FNO. The molecule has 6 atom stereocenters. The number of fused-ring (bicyclic) bond motifs is 5. The lowest BCUT2D eigenvalue weighted by Gasteiger charge is -2.58. The van der Waals surface area contributed by atoms with E-state index in [4.69, 9.17) is 0 Å². The molecule has 1 aromatic rings. The van der Waals surface area contributed by atoms with Gasteiger partial charge in [-0.3, -0.25) is 4.98 Å². The largest absolute Gasteiger partial charge is 0.390 e. The lowest BCUT2D eigenvalue weighted by molar-refractivity contribution is -0.0486. The Hall–Kier alpha value is -1.48. The van der Waals surface area contributed by atoms with Crippen molar-refractivity contribution in [1.82, 2.24) is 4.98 Å². The molecule has 0 aliphatic heterocycles. The zero-order valence-corrected chi connectivity index (χ0v) is 17.3. The van der Waals surface area contributed by atoms with Crippen LogP contribution in [0.25, 0.3) is 5.57 Å². The highest BCUT2D eigenvalue weighted by Gasteiger charge is 2.57. The van der Waals surface area contributed by atoms with Gasteiger partial charge in [-0.1, -0.05) is 31.6 Å². The van der Waals surface area contributed by atoms with Gasteiger partial charge in [-0.15, -0.1) is 0 Å². The van der Waals surface area contributed by atoms with E-state index >= 15 is 0 Å². The summed E-state index contributed by atoms with van der Waals surface area (Å²) in [7, 11) is 0. The minimum atomic E-state index is -0.534. The molecule has 4 aliphatic rings. The van der Waals surface area contributed by atoms with Crippen LogP contribution < -0.4 is 0 Å². The first-order chi connectivity index (χ1) is 13.2. The van der Waals surface area contributed by atoms with Gasteiger partial charge in [-0.05, 0) is 97.7 Å². The van der Waals surface area contributed by atoms with Gasteiger partial charge in [0.15, 0.2) is 0 Å². The number of rotatable bonds is 1. The van der Waals surface area contributed by atoms with Crippen molar-refractivity contribution in [1.29, 1.82) is 0 Å². The van der Waals surface area contributed by atoms with Gasteiger partial charge in [0.05, 0.1) is 11.8 Å². The Kier molecular flexibility index (Phi) is 3.98. The van der Waals surface area contributed by atoms with Gasteiger partial charge in [0.1, 0.15) is 5.82 Å². The second-order valence-electron chi connectivity index (χ2n) is 10.6. The predicted molar refractivity (Wildman–Crippen MR) is 110 cm³/mol. The van der Waals surface area contributed by atoms with Crippen LogP contribution in [0.2, 0.25) is 0 Å². The molecule has 4 aliphatic carbocycles. The SMILES string of the molecule is C[C@]1(O)CC[C@@]2(C)C(=CCC3C2CC[C@]2(C)C(c4cncc(F)c4)=CCC32)C1. The molecule has 0 spiro atoms. The average molecular weight is 382 g/mol. The highest BCUT2D eigenvalue weighted by Crippen LogP contribution is 2.66. The fraction of sp³-hybridized carbons (Fsp3) is 0.640. The first-order valence-corrected chi connectivity index (χ1v) is 11.0. The maximum Gasteiger partial charge on any atom is 0.142 e. The number of aromatic nitrogens is 1. The Morgan fingerprint density at radius 3 is 2.61 bits per heavy atom. The third kappa shape index (κ3) is 2.58. The molecular weight excluding hydrogens is 349 g/mol. The van der Waals surface area contributed by atoms with Crippen molar-refractivity contribution in [2.24, 2.45) is 28.6 Å². The van der Waals surface area contributed by atoms with Crippen LogP contribution in [-0.2, 0) is 0 Å². The molecule has 3 heteroatoms. The van der Waals surface area contributed by atoms with Crippen LogP contribution in [-0.4, -0.2) is 15.7 Å². The molecule has 2 saturated carbocycles. The van der Waals surface area contributed by atoms with Gasteiger partial charge in [-0.2, -0.15) is 0 Å². The summed E-state index contributed by atoms with van der Waals surface area (Å²) < 4.78 is 13.8. The van der Waals surface area contributed by atoms with Crippen LogP contribution in [0.3, 0.4) is 0 Å². The van der Waals surface area contributed by atoms with E-state index in [-0.39, 0.29) is 16.6 Å². The third-order valence-corrected chi connectivity index (χ3v) is 8.98. The van der Waals surface area contributed by atoms with Gasteiger partial charge in [-0.25, -0.2) is 4.39 Å². The topological polar surface area (TPSA) is 33.1 Å². The van der Waals surface area contributed by atoms with E-state index in [9.17, 15) is 9.50 Å². The van der Waals surface area contributed by atoms with Crippen molar-refractivity contribution in [3.05, 3.63) is 47.6 Å². The maximum atomic E-state index is 13.8. The molecule has 1 aromatic heterocycles. The van der Waals surface area contributed by atoms with Crippen molar-refractivity contribution in [2.45, 2.75) is 71.3 Å². The molecule has 3 unspecified atom stereocenters. The van der Waals surface area contributed by atoms with Crippen LogP contribution in [0.4, 0.5) is 4.39 Å². The number of allylic oxidation sites excluding steroid dienone is 3.